The molecule has 8 heteroatoms. The number of rotatable bonds is 6. The number of hydrogen-bond donors (Lipinski definition) is 3. The van der Waals surface area contributed by atoms with Crippen LogP contribution < -0.4 is 34.9 Å². The summed E-state index contributed by atoms with van der Waals surface area (Å²) in [5.74, 6) is -1.59. The molecule has 3 N–H and O–H groups in total. The van der Waals surface area contributed by atoms with Crippen molar-refractivity contribution < 1.29 is 53.4 Å². The van der Waals surface area contributed by atoms with Crippen LogP contribution >= 0.6 is 7.60 Å². The predicted octanol–water partition coefficient (Wildman–Crippen LogP) is 0.156. The third-order valence-electron chi connectivity index (χ3n) is 3.15. The van der Waals surface area contributed by atoms with Crippen molar-refractivity contribution in [3.8, 4) is 0 Å². The van der Waals surface area contributed by atoms with Crippen LogP contribution in [0.5, 0.6) is 0 Å². The molecule has 6 nitrogen and oxygen atoms in total. The normalized spacial score (nSPS) is 12.0. The average Bonchev–Trinajstić information content (AvgIpc) is 2.53. The Kier molecular flexibility index (Phi) is 8.16. The first-order valence-corrected chi connectivity index (χ1v) is 8.74. The van der Waals surface area contributed by atoms with Crippen molar-refractivity contribution >= 4 is 19.3 Å². The van der Waals surface area contributed by atoms with E-state index >= 15 is 0 Å². The molecule has 0 aliphatic rings. The summed E-state index contributed by atoms with van der Waals surface area (Å²) in [5.41, 5.74) is 1.36. The summed E-state index contributed by atoms with van der Waals surface area (Å²) in [6.45, 7) is 2.01. The van der Waals surface area contributed by atoms with Crippen LogP contribution in [-0.2, 0) is 9.30 Å². The zero-order valence-corrected chi connectivity index (χ0v) is 16.4. The number of nitrogens with one attached hydrogen (secondary N) is 1. The fourth-order valence-corrected chi connectivity index (χ4v) is 2.95. The second kappa shape index (κ2) is 9.37. The Bertz CT molecular complexity index is 702. The minimum absolute atomic E-state index is 0. The fraction of sp³-hybridized carbons (Fsp3) is 0.188. The Balaban J connectivity index is 0.00000288. The molecule has 0 aliphatic heterocycles. The molecule has 2 aromatic carbocycles. The van der Waals surface area contributed by atoms with Crippen molar-refractivity contribution in [2.45, 2.75) is 12.7 Å². The minimum atomic E-state index is -4.41. The van der Waals surface area contributed by atoms with E-state index in [-0.39, 0.29) is 36.2 Å². The van der Waals surface area contributed by atoms with E-state index < -0.39 is 19.3 Å². The summed E-state index contributed by atoms with van der Waals surface area (Å²) in [5, 5.41) is 2.82. The topological polar surface area (TPSA) is 95.9 Å². The van der Waals surface area contributed by atoms with Crippen LogP contribution in [0.4, 0.5) is 5.69 Å². The largest absolute Gasteiger partial charge is 1.00 e. The van der Waals surface area contributed by atoms with Gasteiger partial charge >= 0.3 is 43.1 Å². The molecule has 122 valence electrons. The van der Waals surface area contributed by atoms with Crippen molar-refractivity contribution in [2.24, 2.45) is 0 Å². The Morgan fingerprint density at radius 3 is 2.21 bits per heavy atom. The molecule has 0 aliphatic carbocycles. The first-order valence-electron chi connectivity index (χ1n) is 7.05. The Morgan fingerprint density at radius 2 is 1.71 bits per heavy atom. The first-order chi connectivity index (χ1) is 10.9. The van der Waals surface area contributed by atoms with E-state index in [2.05, 4.69) is 5.32 Å². The van der Waals surface area contributed by atoms with E-state index in [1.807, 2.05) is 0 Å². The summed E-state index contributed by atoms with van der Waals surface area (Å²) in [7, 11) is -4.41. The van der Waals surface area contributed by atoms with Crippen LogP contribution in [0.25, 0.3) is 0 Å². The van der Waals surface area contributed by atoms with Crippen LogP contribution in [0.2, 0.25) is 0 Å². The molecule has 0 radical (unpaired) electrons. The van der Waals surface area contributed by atoms with Gasteiger partial charge in [0.1, 0.15) is 0 Å². The van der Waals surface area contributed by atoms with Gasteiger partial charge < -0.3 is 19.8 Å². The van der Waals surface area contributed by atoms with Gasteiger partial charge in [-0.25, -0.2) is 4.79 Å². The first kappa shape index (κ1) is 20.9. The van der Waals surface area contributed by atoms with Crippen molar-refractivity contribution in [1.29, 1.82) is 0 Å². The van der Waals surface area contributed by atoms with Gasteiger partial charge in [0, 0.05) is 5.69 Å². The molecule has 0 heterocycles. The molecule has 0 fully saturated rings. The maximum atomic E-state index is 11.8. The maximum Gasteiger partial charge on any atom is 1.00 e. The zero-order valence-electron chi connectivity index (χ0n) is 13.5. The third-order valence-corrected chi connectivity index (χ3v) is 4.25. The summed E-state index contributed by atoms with van der Waals surface area (Å²) in [4.78, 5) is 30.8. The van der Waals surface area contributed by atoms with Crippen LogP contribution in [0.3, 0.4) is 0 Å². The van der Waals surface area contributed by atoms with Gasteiger partial charge in [0.25, 0.3) is 0 Å². The SMILES string of the molecule is CCOC(=O)c1ccc(NC(c2ccccc2)P(=O)(O)O)cc1.[Na+]. The molecule has 1 unspecified atom stereocenters. The summed E-state index contributed by atoms with van der Waals surface area (Å²) >= 11 is 0. The predicted molar refractivity (Wildman–Crippen MR) is 87.2 cm³/mol. The molecule has 24 heavy (non-hydrogen) atoms. The molecule has 0 aromatic heterocycles. The van der Waals surface area contributed by atoms with E-state index in [0.29, 0.717) is 16.8 Å². The van der Waals surface area contributed by atoms with Gasteiger partial charge in [-0.05, 0) is 36.8 Å². The Labute approximate surface area is 162 Å². The zero-order chi connectivity index (χ0) is 16.9. The molecule has 2 rings (SSSR count). The molecule has 0 bridgehead atoms. The van der Waals surface area contributed by atoms with Gasteiger partial charge in [0.15, 0.2) is 5.78 Å². The fourth-order valence-electron chi connectivity index (χ4n) is 2.07. The quantitative estimate of drug-likeness (QED) is 0.387. The van der Waals surface area contributed by atoms with Crippen LogP contribution in [-0.4, -0.2) is 22.4 Å². The van der Waals surface area contributed by atoms with Gasteiger partial charge in [0.05, 0.1) is 12.2 Å². The van der Waals surface area contributed by atoms with Gasteiger partial charge in [0.2, 0.25) is 0 Å². The molecule has 0 saturated heterocycles. The smallest absolute Gasteiger partial charge is 0.462 e. The number of anilines is 1. The second-order valence-corrected chi connectivity index (χ2v) is 6.54. The van der Waals surface area contributed by atoms with E-state index in [9.17, 15) is 19.1 Å². The van der Waals surface area contributed by atoms with Gasteiger partial charge in [-0.15, -0.1) is 0 Å². The number of carbonyl (C=O) groups excluding carboxylic acids is 1. The van der Waals surface area contributed by atoms with Gasteiger partial charge in [-0.3, -0.25) is 4.57 Å². The Morgan fingerprint density at radius 1 is 1.12 bits per heavy atom. The van der Waals surface area contributed by atoms with Crippen LogP contribution in [0.1, 0.15) is 28.6 Å². The molecule has 0 saturated carbocycles. The maximum absolute atomic E-state index is 11.8. The molecule has 0 spiro atoms. The molecule has 0 amide bonds. The number of carbonyl (C=O) groups is 1. The van der Waals surface area contributed by atoms with Crippen molar-refractivity contribution in [3.63, 3.8) is 0 Å². The van der Waals surface area contributed by atoms with E-state index in [1.165, 1.54) is 0 Å². The molecular weight excluding hydrogens is 340 g/mol. The number of ether oxygens (including phenoxy) is 1. The van der Waals surface area contributed by atoms with Crippen LogP contribution in [0.15, 0.2) is 54.6 Å². The second-order valence-electron chi connectivity index (χ2n) is 4.84. The number of hydrogen-bond acceptors (Lipinski definition) is 4. The summed E-state index contributed by atoms with van der Waals surface area (Å²) < 4.78 is 16.6. The Hall–Kier alpha value is -1.14. The van der Waals surface area contributed by atoms with Crippen LogP contribution in [0, 0.1) is 0 Å². The molecule has 2 aromatic rings. The van der Waals surface area contributed by atoms with Crippen molar-refractivity contribution in [1.82, 2.24) is 0 Å². The van der Waals surface area contributed by atoms with E-state index in [0.717, 1.165) is 0 Å². The van der Waals surface area contributed by atoms with Gasteiger partial charge in [-0.1, -0.05) is 30.3 Å². The van der Waals surface area contributed by atoms with E-state index in [4.69, 9.17) is 4.74 Å². The van der Waals surface area contributed by atoms with Crippen molar-refractivity contribution in [2.75, 3.05) is 11.9 Å². The monoisotopic (exact) mass is 358 g/mol. The number of esters is 1. The molecular formula is C16H18NNaO5P+. The third kappa shape index (κ3) is 5.74. The molecule has 1 atom stereocenters. The average molecular weight is 358 g/mol. The van der Waals surface area contributed by atoms with Crippen molar-refractivity contribution in [3.05, 3.63) is 65.7 Å². The minimum Gasteiger partial charge on any atom is -0.462 e. The summed E-state index contributed by atoms with van der Waals surface area (Å²) in [6, 6.07) is 14.7. The standard InChI is InChI=1S/C16H18NO5P.Na/c1-2-22-16(18)13-8-10-14(11-9-13)17-15(23(19,20)21)12-6-4-3-5-7-12;/h3-11,15,17H,2H2,1H3,(H2,19,20,21);/q;+1. The summed E-state index contributed by atoms with van der Waals surface area (Å²) in [6.07, 6.45) is 0. The number of benzene rings is 2. The van der Waals surface area contributed by atoms with Gasteiger partial charge in [-0.2, -0.15) is 0 Å². The van der Waals surface area contributed by atoms with E-state index in [1.54, 1.807) is 61.5 Å².